The molecule has 1 amide bonds. The predicted molar refractivity (Wildman–Crippen MR) is 84.9 cm³/mol. The molecule has 3 rings (SSSR count). The molecule has 22 heavy (non-hydrogen) atoms. The van der Waals surface area contributed by atoms with Crippen molar-refractivity contribution in [1.82, 2.24) is 9.38 Å². The lowest BCUT2D eigenvalue weighted by Gasteiger charge is -2.10. The van der Waals surface area contributed by atoms with Crippen LogP contribution < -0.4 is 15.6 Å². The molecule has 0 atom stereocenters. The van der Waals surface area contributed by atoms with Gasteiger partial charge in [0.2, 0.25) is 0 Å². The fourth-order valence-electron chi connectivity index (χ4n) is 2.02. The van der Waals surface area contributed by atoms with Crippen molar-refractivity contribution < 1.29 is 9.53 Å². The third-order valence-electron chi connectivity index (χ3n) is 3.02. The van der Waals surface area contributed by atoms with Gasteiger partial charge in [-0.15, -0.1) is 11.3 Å². The molecule has 0 radical (unpaired) electrons. The minimum absolute atomic E-state index is 0.0119. The van der Waals surface area contributed by atoms with Gasteiger partial charge >= 0.3 is 0 Å². The van der Waals surface area contributed by atoms with Crippen molar-refractivity contribution in [3.8, 4) is 5.75 Å². The Balaban J connectivity index is 1.94. The van der Waals surface area contributed by atoms with Crippen LogP contribution in [0.25, 0.3) is 4.96 Å². The average molecular weight is 315 g/mol. The number of aromatic nitrogens is 2. The summed E-state index contributed by atoms with van der Waals surface area (Å²) in [6, 6.07) is 7.07. The molecule has 0 unspecified atom stereocenters. The fourth-order valence-corrected chi connectivity index (χ4v) is 2.70. The van der Waals surface area contributed by atoms with Gasteiger partial charge in [-0.3, -0.25) is 14.0 Å². The highest BCUT2D eigenvalue weighted by molar-refractivity contribution is 7.15. The Bertz CT molecular complexity index is 885. The number of hydrogen-bond acceptors (Lipinski definition) is 5. The van der Waals surface area contributed by atoms with Gasteiger partial charge in [-0.1, -0.05) is 12.1 Å². The van der Waals surface area contributed by atoms with Gasteiger partial charge in [0, 0.05) is 17.8 Å². The van der Waals surface area contributed by atoms with Gasteiger partial charge < -0.3 is 10.1 Å². The standard InChI is InChI=1S/C15H13N3O3S/c1-2-21-12-6-4-3-5-11(12)17-13(19)10-9-16-15-18(14(10)20)7-8-22-15/h3-9H,2H2,1H3,(H,17,19). The molecule has 1 aromatic carbocycles. The maximum absolute atomic E-state index is 12.3. The zero-order chi connectivity index (χ0) is 15.5. The number of amides is 1. The average Bonchev–Trinajstić information content (AvgIpc) is 2.99. The number of carbonyl (C=O) groups excluding carboxylic acids is 1. The van der Waals surface area contributed by atoms with Gasteiger partial charge in [-0.25, -0.2) is 4.98 Å². The molecule has 0 aliphatic carbocycles. The molecule has 112 valence electrons. The van der Waals surface area contributed by atoms with Crippen molar-refractivity contribution >= 4 is 27.9 Å². The van der Waals surface area contributed by atoms with Crippen LogP contribution in [-0.2, 0) is 0 Å². The van der Waals surface area contributed by atoms with Crippen LogP contribution in [0.3, 0.4) is 0 Å². The van der Waals surface area contributed by atoms with Crippen LogP contribution >= 0.6 is 11.3 Å². The second-order valence-electron chi connectivity index (χ2n) is 4.42. The molecule has 0 aliphatic heterocycles. The molecule has 0 spiro atoms. The molecular weight excluding hydrogens is 302 g/mol. The Hall–Kier alpha value is -2.67. The third-order valence-corrected chi connectivity index (χ3v) is 3.79. The number of ether oxygens (including phenoxy) is 1. The molecule has 0 bridgehead atoms. The summed E-state index contributed by atoms with van der Waals surface area (Å²) in [6.07, 6.45) is 2.90. The van der Waals surface area contributed by atoms with Gasteiger partial charge in [0.05, 0.1) is 12.3 Å². The molecule has 7 heteroatoms. The van der Waals surface area contributed by atoms with E-state index in [-0.39, 0.29) is 5.56 Å². The van der Waals surface area contributed by atoms with Gasteiger partial charge in [-0.05, 0) is 19.1 Å². The topological polar surface area (TPSA) is 72.7 Å². The molecule has 0 saturated heterocycles. The third kappa shape index (κ3) is 2.58. The van der Waals surface area contributed by atoms with Crippen molar-refractivity contribution in [3.63, 3.8) is 0 Å². The molecular formula is C15H13N3O3S. The number of rotatable bonds is 4. The molecule has 2 heterocycles. The number of nitrogens with zero attached hydrogens (tertiary/aromatic N) is 2. The summed E-state index contributed by atoms with van der Waals surface area (Å²) >= 11 is 1.34. The molecule has 6 nitrogen and oxygen atoms in total. The summed E-state index contributed by atoms with van der Waals surface area (Å²) in [5, 5.41) is 4.44. The molecule has 0 saturated carbocycles. The molecule has 0 aliphatic rings. The predicted octanol–water partition coefficient (Wildman–Crippen LogP) is 2.41. The highest BCUT2D eigenvalue weighted by atomic mass is 32.1. The van der Waals surface area contributed by atoms with E-state index in [1.54, 1.807) is 29.8 Å². The smallest absolute Gasteiger partial charge is 0.271 e. The minimum atomic E-state index is -0.509. The fraction of sp³-hybridized carbons (Fsp3) is 0.133. The second-order valence-corrected chi connectivity index (χ2v) is 5.29. The first-order valence-corrected chi connectivity index (χ1v) is 7.56. The van der Waals surface area contributed by atoms with Crippen LogP contribution in [0.15, 0.2) is 46.8 Å². The molecule has 1 N–H and O–H groups in total. The van der Waals surface area contributed by atoms with Crippen LogP contribution in [0.5, 0.6) is 5.75 Å². The van der Waals surface area contributed by atoms with Gasteiger partial charge in [0.15, 0.2) is 4.96 Å². The van der Waals surface area contributed by atoms with Crippen LogP contribution in [-0.4, -0.2) is 21.9 Å². The van der Waals surface area contributed by atoms with Crippen LogP contribution in [0, 0.1) is 0 Å². The lowest BCUT2D eigenvalue weighted by molar-refractivity contribution is 0.102. The van der Waals surface area contributed by atoms with Crippen molar-refractivity contribution in [2.75, 3.05) is 11.9 Å². The Morgan fingerprint density at radius 1 is 1.41 bits per heavy atom. The lowest BCUT2D eigenvalue weighted by Crippen LogP contribution is -2.26. The van der Waals surface area contributed by atoms with Gasteiger partial charge in [-0.2, -0.15) is 0 Å². The van der Waals surface area contributed by atoms with Crippen molar-refractivity contribution in [2.45, 2.75) is 6.92 Å². The zero-order valence-electron chi connectivity index (χ0n) is 11.8. The van der Waals surface area contributed by atoms with Crippen molar-refractivity contribution in [1.29, 1.82) is 0 Å². The first kappa shape index (κ1) is 14.3. The lowest BCUT2D eigenvalue weighted by atomic mass is 10.2. The van der Waals surface area contributed by atoms with Crippen molar-refractivity contribution in [3.05, 3.63) is 58.0 Å². The van der Waals surface area contributed by atoms with E-state index in [2.05, 4.69) is 10.3 Å². The van der Waals surface area contributed by atoms with Crippen molar-refractivity contribution in [2.24, 2.45) is 0 Å². The molecule has 0 fully saturated rings. The number of anilines is 1. The van der Waals surface area contributed by atoms with Crippen LogP contribution in [0.2, 0.25) is 0 Å². The second kappa shape index (κ2) is 5.98. The number of fused-ring (bicyclic) bond motifs is 1. The normalized spacial score (nSPS) is 10.6. The SMILES string of the molecule is CCOc1ccccc1NC(=O)c1cnc2sccn2c1=O. The van der Waals surface area contributed by atoms with E-state index >= 15 is 0 Å². The van der Waals surface area contributed by atoms with E-state index in [9.17, 15) is 9.59 Å². The molecule has 2 aromatic heterocycles. The largest absolute Gasteiger partial charge is 0.492 e. The number of para-hydroxylation sites is 2. The number of carbonyl (C=O) groups is 1. The highest BCUT2D eigenvalue weighted by Gasteiger charge is 2.15. The Morgan fingerprint density at radius 2 is 2.23 bits per heavy atom. The van der Waals surface area contributed by atoms with E-state index < -0.39 is 11.5 Å². The van der Waals surface area contributed by atoms with Gasteiger partial charge in [0.25, 0.3) is 11.5 Å². The van der Waals surface area contributed by atoms with Gasteiger partial charge in [0.1, 0.15) is 11.3 Å². The van der Waals surface area contributed by atoms with E-state index in [1.165, 1.54) is 21.9 Å². The minimum Gasteiger partial charge on any atom is -0.492 e. The zero-order valence-corrected chi connectivity index (χ0v) is 12.6. The van der Waals surface area contributed by atoms with E-state index in [1.807, 2.05) is 13.0 Å². The summed E-state index contributed by atoms with van der Waals surface area (Å²) < 4.78 is 6.81. The van der Waals surface area contributed by atoms with Crippen LogP contribution in [0.1, 0.15) is 17.3 Å². The Labute approximate surface area is 130 Å². The summed E-state index contributed by atoms with van der Waals surface area (Å²) in [6.45, 7) is 2.34. The maximum Gasteiger partial charge on any atom is 0.271 e. The number of hydrogen-bond donors (Lipinski definition) is 1. The first-order chi connectivity index (χ1) is 10.7. The van der Waals surface area contributed by atoms with E-state index in [0.717, 1.165) is 0 Å². The maximum atomic E-state index is 12.3. The number of thiazole rings is 1. The summed E-state index contributed by atoms with van der Waals surface area (Å²) in [5.74, 6) is 0.0493. The molecule has 3 aromatic rings. The first-order valence-electron chi connectivity index (χ1n) is 6.68. The van der Waals surface area contributed by atoms with Crippen LogP contribution in [0.4, 0.5) is 5.69 Å². The highest BCUT2D eigenvalue weighted by Crippen LogP contribution is 2.24. The number of nitrogens with one attached hydrogen (secondary N) is 1. The Morgan fingerprint density at radius 3 is 3.05 bits per heavy atom. The Kier molecular flexibility index (Phi) is 3.88. The summed E-state index contributed by atoms with van der Waals surface area (Å²) in [7, 11) is 0. The quantitative estimate of drug-likeness (QED) is 0.802. The monoisotopic (exact) mass is 315 g/mol. The van der Waals surface area contributed by atoms with E-state index in [4.69, 9.17) is 4.74 Å². The summed E-state index contributed by atoms with van der Waals surface area (Å²) in [5.41, 5.74) is 0.115. The summed E-state index contributed by atoms with van der Waals surface area (Å²) in [4.78, 5) is 29.3. The van der Waals surface area contributed by atoms with E-state index in [0.29, 0.717) is 23.0 Å². The number of benzene rings is 1.